The van der Waals surface area contributed by atoms with E-state index in [1.807, 2.05) is 0 Å². The van der Waals surface area contributed by atoms with Crippen LogP contribution in [-0.4, -0.2) is 31.0 Å². The zero-order valence-corrected chi connectivity index (χ0v) is 7.77. The summed E-state index contributed by atoms with van der Waals surface area (Å²) in [7, 11) is 0. The average Bonchev–Trinajstić information content (AvgIpc) is 2.53. The van der Waals surface area contributed by atoms with Crippen molar-refractivity contribution in [3.63, 3.8) is 0 Å². The van der Waals surface area contributed by atoms with Crippen molar-refractivity contribution in [3.05, 3.63) is 0 Å². The number of nitrogens with one attached hydrogen (secondary N) is 1. The lowest BCUT2D eigenvalue weighted by atomic mass is 10.2. The summed E-state index contributed by atoms with van der Waals surface area (Å²) in [5.41, 5.74) is 0. The number of ether oxygens (including phenoxy) is 1. The number of hydrogen-bond donors (Lipinski definition) is 1. The number of amides is 1. The summed E-state index contributed by atoms with van der Waals surface area (Å²) >= 11 is 5.46. The molecule has 3 nitrogen and oxygen atoms in total. The molecule has 1 aliphatic rings. The van der Waals surface area contributed by atoms with Gasteiger partial charge in [0.25, 0.3) is 0 Å². The predicted octanol–water partition coefficient (Wildman–Crippen LogP) is 0.911. The third kappa shape index (κ3) is 3.41. The van der Waals surface area contributed by atoms with Crippen molar-refractivity contribution in [3.8, 4) is 0 Å². The van der Waals surface area contributed by atoms with Crippen molar-refractivity contribution in [1.82, 2.24) is 5.32 Å². The Balaban J connectivity index is 2.08. The van der Waals surface area contributed by atoms with Crippen molar-refractivity contribution in [1.29, 1.82) is 0 Å². The zero-order valence-electron chi connectivity index (χ0n) is 7.01. The Labute approximate surface area is 77.4 Å². The van der Waals surface area contributed by atoms with Crippen molar-refractivity contribution in [2.75, 3.05) is 19.1 Å². The van der Waals surface area contributed by atoms with Crippen LogP contribution in [-0.2, 0) is 9.53 Å². The van der Waals surface area contributed by atoms with Gasteiger partial charge in [0.1, 0.15) is 0 Å². The lowest BCUT2D eigenvalue weighted by Gasteiger charge is -2.09. The van der Waals surface area contributed by atoms with Crippen molar-refractivity contribution in [2.24, 2.45) is 0 Å². The summed E-state index contributed by atoms with van der Waals surface area (Å²) in [5, 5.41) is 2.89. The van der Waals surface area contributed by atoms with Crippen molar-refractivity contribution < 1.29 is 9.53 Å². The molecule has 0 aromatic rings. The van der Waals surface area contributed by atoms with E-state index >= 15 is 0 Å². The quantitative estimate of drug-likeness (QED) is 0.671. The first-order valence-corrected chi connectivity index (χ1v) is 4.79. The predicted molar refractivity (Wildman–Crippen MR) is 47.3 cm³/mol. The van der Waals surface area contributed by atoms with Gasteiger partial charge in [-0.3, -0.25) is 4.79 Å². The Bertz CT molecular complexity index is 146. The van der Waals surface area contributed by atoms with Gasteiger partial charge in [-0.05, 0) is 12.8 Å². The second-order valence-electron chi connectivity index (χ2n) is 2.92. The molecular weight excluding hydrogens is 178 g/mol. The highest BCUT2D eigenvalue weighted by Gasteiger charge is 2.16. The highest BCUT2D eigenvalue weighted by atomic mass is 35.5. The molecule has 12 heavy (non-hydrogen) atoms. The molecular formula is C8H14ClNO2. The lowest BCUT2D eigenvalue weighted by molar-refractivity contribution is -0.121. The molecule has 1 aliphatic heterocycles. The fourth-order valence-electron chi connectivity index (χ4n) is 1.18. The van der Waals surface area contributed by atoms with Crippen LogP contribution < -0.4 is 5.32 Å². The van der Waals surface area contributed by atoms with E-state index in [1.165, 1.54) is 0 Å². The van der Waals surface area contributed by atoms with Gasteiger partial charge in [-0.25, -0.2) is 0 Å². The van der Waals surface area contributed by atoms with Crippen LogP contribution in [0.2, 0.25) is 0 Å². The number of carbonyl (C=O) groups is 1. The van der Waals surface area contributed by atoms with Crippen LogP contribution in [0.25, 0.3) is 0 Å². The Morgan fingerprint density at radius 1 is 1.67 bits per heavy atom. The van der Waals surface area contributed by atoms with Gasteiger partial charge in [-0.1, -0.05) is 0 Å². The van der Waals surface area contributed by atoms with E-state index in [1.54, 1.807) is 0 Å². The van der Waals surface area contributed by atoms with Crippen LogP contribution in [0.1, 0.15) is 19.3 Å². The number of rotatable bonds is 4. The van der Waals surface area contributed by atoms with E-state index in [4.69, 9.17) is 16.3 Å². The molecule has 0 aromatic carbocycles. The van der Waals surface area contributed by atoms with Gasteiger partial charge in [0.2, 0.25) is 5.91 Å². The Kier molecular flexibility index (Phi) is 4.40. The minimum absolute atomic E-state index is 0.0890. The second kappa shape index (κ2) is 5.38. The Morgan fingerprint density at radius 2 is 2.50 bits per heavy atom. The number of halogens is 1. The molecule has 0 bridgehead atoms. The molecule has 1 fully saturated rings. The Morgan fingerprint density at radius 3 is 3.08 bits per heavy atom. The van der Waals surface area contributed by atoms with E-state index in [9.17, 15) is 4.79 Å². The monoisotopic (exact) mass is 191 g/mol. The smallest absolute Gasteiger partial charge is 0.220 e. The van der Waals surface area contributed by atoms with Crippen LogP contribution in [0.4, 0.5) is 0 Å². The minimum atomic E-state index is 0.0890. The molecule has 0 aliphatic carbocycles. The number of hydrogen-bond acceptors (Lipinski definition) is 2. The van der Waals surface area contributed by atoms with Gasteiger partial charge in [-0.2, -0.15) is 0 Å². The Hall–Kier alpha value is -0.280. The van der Waals surface area contributed by atoms with E-state index in [2.05, 4.69) is 5.32 Å². The molecule has 1 N–H and O–H groups in total. The van der Waals surface area contributed by atoms with Crippen LogP contribution in [0.3, 0.4) is 0 Å². The molecule has 4 heteroatoms. The topological polar surface area (TPSA) is 38.3 Å². The third-order valence-electron chi connectivity index (χ3n) is 1.83. The standard InChI is InChI=1S/C8H14ClNO2/c9-4-1-2-8(11)10-7-3-5-12-6-7/h7H,1-6H2,(H,10,11). The van der Waals surface area contributed by atoms with Gasteiger partial charge >= 0.3 is 0 Å². The third-order valence-corrected chi connectivity index (χ3v) is 2.10. The van der Waals surface area contributed by atoms with Gasteiger partial charge < -0.3 is 10.1 Å². The largest absolute Gasteiger partial charge is 0.379 e. The maximum absolute atomic E-state index is 11.1. The lowest BCUT2D eigenvalue weighted by Crippen LogP contribution is -2.34. The van der Waals surface area contributed by atoms with Crippen LogP contribution in [0, 0.1) is 0 Å². The summed E-state index contributed by atoms with van der Waals surface area (Å²) in [5.74, 6) is 0.639. The van der Waals surface area contributed by atoms with E-state index < -0.39 is 0 Å². The molecule has 0 spiro atoms. The normalized spacial score (nSPS) is 22.6. The summed E-state index contributed by atoms with van der Waals surface area (Å²) in [6.45, 7) is 1.42. The molecule has 1 unspecified atom stereocenters. The molecule has 1 amide bonds. The van der Waals surface area contributed by atoms with E-state index in [0.717, 1.165) is 19.4 Å². The van der Waals surface area contributed by atoms with E-state index in [0.29, 0.717) is 18.9 Å². The number of carbonyl (C=O) groups excluding carboxylic acids is 1. The highest BCUT2D eigenvalue weighted by molar-refractivity contribution is 6.17. The summed E-state index contributed by atoms with van der Waals surface area (Å²) in [6.07, 6.45) is 2.22. The molecule has 1 atom stereocenters. The SMILES string of the molecule is O=C(CCCCl)NC1CCOC1. The van der Waals surface area contributed by atoms with Crippen LogP contribution in [0.5, 0.6) is 0 Å². The molecule has 1 heterocycles. The number of alkyl halides is 1. The maximum Gasteiger partial charge on any atom is 0.220 e. The van der Waals surface area contributed by atoms with Gasteiger partial charge in [0, 0.05) is 18.9 Å². The summed E-state index contributed by atoms with van der Waals surface area (Å²) < 4.78 is 5.12. The first-order chi connectivity index (χ1) is 5.83. The van der Waals surface area contributed by atoms with Crippen LogP contribution in [0.15, 0.2) is 0 Å². The van der Waals surface area contributed by atoms with E-state index in [-0.39, 0.29) is 11.9 Å². The van der Waals surface area contributed by atoms with Crippen molar-refractivity contribution in [2.45, 2.75) is 25.3 Å². The molecule has 0 saturated carbocycles. The van der Waals surface area contributed by atoms with Crippen LogP contribution >= 0.6 is 11.6 Å². The molecule has 0 radical (unpaired) electrons. The van der Waals surface area contributed by atoms with Gasteiger partial charge in [0.15, 0.2) is 0 Å². The first-order valence-electron chi connectivity index (χ1n) is 4.26. The van der Waals surface area contributed by atoms with Gasteiger partial charge in [0.05, 0.1) is 12.6 Å². The summed E-state index contributed by atoms with van der Waals surface area (Å²) in [6, 6.07) is 0.229. The molecule has 0 aromatic heterocycles. The maximum atomic E-state index is 11.1. The molecule has 70 valence electrons. The highest BCUT2D eigenvalue weighted by Crippen LogP contribution is 2.03. The van der Waals surface area contributed by atoms with Crippen molar-refractivity contribution >= 4 is 17.5 Å². The average molecular weight is 192 g/mol. The zero-order chi connectivity index (χ0) is 8.81. The summed E-state index contributed by atoms with van der Waals surface area (Å²) in [4.78, 5) is 11.1. The second-order valence-corrected chi connectivity index (χ2v) is 3.30. The minimum Gasteiger partial charge on any atom is -0.379 e. The molecule has 1 rings (SSSR count). The molecule has 1 saturated heterocycles. The fraction of sp³-hybridized carbons (Fsp3) is 0.875. The first kappa shape index (κ1) is 9.81. The fourth-order valence-corrected chi connectivity index (χ4v) is 1.31. The van der Waals surface area contributed by atoms with Gasteiger partial charge in [-0.15, -0.1) is 11.6 Å².